The van der Waals surface area contributed by atoms with Crippen LogP contribution in [-0.4, -0.2) is 29.4 Å². The lowest BCUT2D eigenvalue weighted by molar-refractivity contribution is -0.128. The van der Waals surface area contributed by atoms with E-state index < -0.39 is 6.10 Å². The summed E-state index contributed by atoms with van der Waals surface area (Å²) >= 11 is 0. The van der Waals surface area contributed by atoms with Crippen molar-refractivity contribution in [3.05, 3.63) is 0 Å². The first-order chi connectivity index (χ1) is 10.6. The normalized spacial score (nSPS) is 12.1. The zero-order chi connectivity index (χ0) is 16.6. The van der Waals surface area contributed by atoms with Gasteiger partial charge in [0.2, 0.25) is 5.91 Å². The molecule has 0 rings (SSSR count). The van der Waals surface area contributed by atoms with Crippen molar-refractivity contribution in [2.75, 3.05) is 6.54 Å². The molecule has 22 heavy (non-hydrogen) atoms. The average molecular weight is 313 g/mol. The predicted molar refractivity (Wildman–Crippen MR) is 90.8 cm³/mol. The number of carbonyl (C=O) groups excluding carboxylic acids is 2. The van der Waals surface area contributed by atoms with Crippen LogP contribution in [0.4, 0.5) is 0 Å². The Labute approximate surface area is 136 Å². The van der Waals surface area contributed by atoms with E-state index in [1.807, 2.05) is 0 Å². The van der Waals surface area contributed by atoms with E-state index in [4.69, 9.17) is 0 Å². The highest BCUT2D eigenvalue weighted by molar-refractivity contribution is 5.97. The van der Waals surface area contributed by atoms with Gasteiger partial charge in [-0.15, -0.1) is 0 Å². The fourth-order valence-corrected chi connectivity index (χ4v) is 2.38. The largest absolute Gasteiger partial charge is 0.391 e. The number of unbranched alkanes of at least 4 members (excludes halogenated alkanes) is 7. The van der Waals surface area contributed by atoms with E-state index in [1.165, 1.54) is 32.1 Å². The van der Waals surface area contributed by atoms with E-state index in [0.29, 0.717) is 12.8 Å². The van der Waals surface area contributed by atoms with E-state index in [-0.39, 0.29) is 24.7 Å². The highest BCUT2D eigenvalue weighted by atomic mass is 16.3. The van der Waals surface area contributed by atoms with Crippen molar-refractivity contribution >= 4 is 11.7 Å². The zero-order valence-corrected chi connectivity index (χ0v) is 14.5. The van der Waals surface area contributed by atoms with Crippen LogP contribution in [0.2, 0.25) is 0 Å². The van der Waals surface area contributed by atoms with Crippen molar-refractivity contribution in [2.24, 2.45) is 0 Å². The van der Waals surface area contributed by atoms with E-state index in [1.54, 1.807) is 0 Å². The van der Waals surface area contributed by atoms with Crippen LogP contribution in [0.1, 0.15) is 90.9 Å². The average Bonchev–Trinajstić information content (AvgIpc) is 2.50. The number of ketones is 1. The maximum Gasteiger partial charge on any atom is 0.227 e. The lowest BCUT2D eigenvalue weighted by Crippen LogP contribution is -2.33. The molecule has 0 heterocycles. The molecule has 0 aliphatic rings. The highest BCUT2D eigenvalue weighted by Gasteiger charge is 2.11. The Balaban J connectivity index is 3.51. The molecular formula is C18H35NO3. The molecule has 0 aromatic rings. The van der Waals surface area contributed by atoms with Crippen molar-refractivity contribution in [1.82, 2.24) is 5.32 Å². The second-order valence-electron chi connectivity index (χ2n) is 6.19. The number of hydrogen-bond acceptors (Lipinski definition) is 3. The first-order valence-corrected chi connectivity index (χ1v) is 9.06. The Hall–Kier alpha value is -0.900. The molecule has 0 saturated heterocycles. The minimum absolute atomic E-state index is 0.00843. The van der Waals surface area contributed by atoms with Crippen molar-refractivity contribution in [3.8, 4) is 0 Å². The molecule has 0 aliphatic carbocycles. The van der Waals surface area contributed by atoms with Crippen molar-refractivity contribution in [1.29, 1.82) is 0 Å². The first kappa shape index (κ1) is 21.1. The molecule has 0 radical (unpaired) electrons. The van der Waals surface area contributed by atoms with Crippen LogP contribution in [0.15, 0.2) is 0 Å². The van der Waals surface area contributed by atoms with E-state index in [0.717, 1.165) is 25.7 Å². The van der Waals surface area contributed by atoms with Gasteiger partial charge < -0.3 is 10.4 Å². The number of aliphatic hydroxyl groups is 1. The monoisotopic (exact) mass is 313 g/mol. The molecular weight excluding hydrogens is 278 g/mol. The molecule has 1 amide bonds. The second-order valence-corrected chi connectivity index (χ2v) is 6.19. The first-order valence-electron chi connectivity index (χ1n) is 9.06. The van der Waals surface area contributed by atoms with Crippen LogP contribution >= 0.6 is 0 Å². The summed E-state index contributed by atoms with van der Waals surface area (Å²) in [6, 6.07) is 0. The summed E-state index contributed by atoms with van der Waals surface area (Å²) in [4.78, 5) is 23.3. The fourth-order valence-electron chi connectivity index (χ4n) is 2.38. The standard InChI is InChI=1S/C18H35NO3/c1-3-5-7-8-9-10-11-13-16(20)14-18(22)19-15-17(21)12-6-4-2/h17,21H,3-15H2,1-2H3,(H,19,22)/t17-/m1/s1. The van der Waals surface area contributed by atoms with Gasteiger partial charge >= 0.3 is 0 Å². The molecule has 4 heteroatoms. The SMILES string of the molecule is CCCCCCCCCC(=O)CC(=O)NC[C@H](O)CCCC. The summed E-state index contributed by atoms with van der Waals surface area (Å²) in [5.41, 5.74) is 0. The summed E-state index contributed by atoms with van der Waals surface area (Å²) in [6.07, 6.45) is 10.9. The molecule has 2 N–H and O–H groups in total. The maximum atomic E-state index is 11.7. The summed E-state index contributed by atoms with van der Waals surface area (Å²) < 4.78 is 0. The summed E-state index contributed by atoms with van der Waals surface area (Å²) in [5, 5.41) is 12.3. The number of Topliss-reactive ketones (excluding diaryl/α,β-unsaturated/α-hetero) is 1. The summed E-state index contributed by atoms with van der Waals surface area (Å²) in [6.45, 7) is 4.52. The van der Waals surface area contributed by atoms with Crippen LogP contribution in [0.5, 0.6) is 0 Å². The highest BCUT2D eigenvalue weighted by Crippen LogP contribution is 2.09. The van der Waals surface area contributed by atoms with Gasteiger partial charge in [0.1, 0.15) is 5.78 Å². The molecule has 0 spiro atoms. The zero-order valence-electron chi connectivity index (χ0n) is 14.5. The molecule has 0 bridgehead atoms. The second kappa shape index (κ2) is 15.0. The molecule has 0 aromatic heterocycles. The van der Waals surface area contributed by atoms with Gasteiger partial charge in [-0.05, 0) is 12.8 Å². The van der Waals surface area contributed by atoms with Gasteiger partial charge in [0.15, 0.2) is 0 Å². The van der Waals surface area contributed by atoms with Gasteiger partial charge in [0.25, 0.3) is 0 Å². The number of hydrogen-bond donors (Lipinski definition) is 2. The van der Waals surface area contributed by atoms with Gasteiger partial charge in [-0.3, -0.25) is 9.59 Å². The Morgan fingerprint density at radius 1 is 0.909 bits per heavy atom. The van der Waals surface area contributed by atoms with Gasteiger partial charge in [0, 0.05) is 13.0 Å². The molecule has 0 aliphatic heterocycles. The van der Waals surface area contributed by atoms with E-state index in [2.05, 4.69) is 19.2 Å². The molecule has 130 valence electrons. The summed E-state index contributed by atoms with van der Waals surface area (Å²) in [7, 11) is 0. The van der Waals surface area contributed by atoms with Gasteiger partial charge in [0.05, 0.1) is 12.5 Å². The van der Waals surface area contributed by atoms with Crippen molar-refractivity contribution < 1.29 is 14.7 Å². The quantitative estimate of drug-likeness (QED) is 0.357. The molecule has 0 unspecified atom stereocenters. The third kappa shape index (κ3) is 14.1. The Kier molecular flexibility index (Phi) is 14.4. The maximum absolute atomic E-state index is 11.7. The number of nitrogens with one attached hydrogen (secondary N) is 1. The number of rotatable bonds is 15. The number of carbonyl (C=O) groups is 2. The predicted octanol–water partition coefficient (Wildman–Crippen LogP) is 3.75. The van der Waals surface area contributed by atoms with Gasteiger partial charge in [-0.2, -0.15) is 0 Å². The Morgan fingerprint density at radius 3 is 2.14 bits per heavy atom. The van der Waals surface area contributed by atoms with Crippen LogP contribution in [0.3, 0.4) is 0 Å². The molecule has 0 fully saturated rings. The molecule has 4 nitrogen and oxygen atoms in total. The third-order valence-corrected chi connectivity index (χ3v) is 3.84. The van der Waals surface area contributed by atoms with Crippen LogP contribution in [0, 0.1) is 0 Å². The molecule has 1 atom stereocenters. The van der Waals surface area contributed by atoms with E-state index >= 15 is 0 Å². The van der Waals surface area contributed by atoms with E-state index in [9.17, 15) is 14.7 Å². The number of aliphatic hydroxyl groups excluding tert-OH is 1. The smallest absolute Gasteiger partial charge is 0.227 e. The lowest BCUT2D eigenvalue weighted by Gasteiger charge is -2.11. The van der Waals surface area contributed by atoms with Crippen LogP contribution < -0.4 is 5.32 Å². The Bertz CT molecular complexity index is 292. The number of amides is 1. The minimum atomic E-state index is -0.498. The third-order valence-electron chi connectivity index (χ3n) is 3.84. The topological polar surface area (TPSA) is 66.4 Å². The van der Waals surface area contributed by atoms with Crippen LogP contribution in [-0.2, 0) is 9.59 Å². The molecule has 0 aromatic carbocycles. The minimum Gasteiger partial charge on any atom is -0.391 e. The van der Waals surface area contributed by atoms with Crippen molar-refractivity contribution in [3.63, 3.8) is 0 Å². The van der Waals surface area contributed by atoms with Crippen LogP contribution in [0.25, 0.3) is 0 Å². The van der Waals surface area contributed by atoms with Gasteiger partial charge in [-0.1, -0.05) is 65.2 Å². The lowest BCUT2D eigenvalue weighted by atomic mass is 10.1. The molecule has 0 saturated carbocycles. The fraction of sp³-hybridized carbons (Fsp3) is 0.889. The Morgan fingerprint density at radius 2 is 1.50 bits per heavy atom. The van der Waals surface area contributed by atoms with Gasteiger partial charge in [-0.25, -0.2) is 0 Å². The van der Waals surface area contributed by atoms with Crippen molar-refractivity contribution in [2.45, 2.75) is 97.0 Å². The summed E-state index contributed by atoms with van der Waals surface area (Å²) in [5.74, 6) is -0.252.